The maximum absolute atomic E-state index is 8.54. The lowest BCUT2D eigenvalue weighted by Crippen LogP contribution is -2.24. The number of hydrogen-bond donors (Lipinski definition) is 3. The minimum absolute atomic E-state index is 0.0328. The van der Waals surface area contributed by atoms with Crippen molar-refractivity contribution in [1.29, 1.82) is 0 Å². The number of nitrogens with one attached hydrogen (secondary N) is 1. The SMILES string of the molecule is CCC(C)NCc1ccnc(C(N)=NO)c1. The molecule has 1 rings (SSSR count). The van der Waals surface area contributed by atoms with Crippen LogP contribution in [0.2, 0.25) is 0 Å². The molecule has 0 aliphatic rings. The summed E-state index contributed by atoms with van der Waals surface area (Å²) in [5.74, 6) is 0.0328. The predicted molar refractivity (Wildman–Crippen MR) is 63.3 cm³/mol. The van der Waals surface area contributed by atoms with Gasteiger partial charge in [0.25, 0.3) is 0 Å². The monoisotopic (exact) mass is 222 g/mol. The van der Waals surface area contributed by atoms with Gasteiger partial charge < -0.3 is 16.3 Å². The summed E-state index contributed by atoms with van der Waals surface area (Å²) in [7, 11) is 0. The fourth-order valence-corrected chi connectivity index (χ4v) is 1.21. The molecule has 0 radical (unpaired) electrons. The third-order valence-electron chi connectivity index (χ3n) is 2.46. The molecule has 5 heteroatoms. The molecule has 1 atom stereocenters. The second-order valence-corrected chi connectivity index (χ2v) is 3.72. The normalized spacial score (nSPS) is 13.8. The molecule has 88 valence electrons. The molecular weight excluding hydrogens is 204 g/mol. The Hall–Kier alpha value is -1.62. The van der Waals surface area contributed by atoms with E-state index in [9.17, 15) is 0 Å². The van der Waals surface area contributed by atoms with Crippen molar-refractivity contribution in [3.05, 3.63) is 29.6 Å². The average molecular weight is 222 g/mol. The fraction of sp³-hybridized carbons (Fsp3) is 0.455. The number of hydrogen-bond acceptors (Lipinski definition) is 4. The van der Waals surface area contributed by atoms with Crippen LogP contribution in [0.4, 0.5) is 0 Å². The number of aromatic nitrogens is 1. The molecule has 5 nitrogen and oxygen atoms in total. The number of nitrogens with two attached hydrogens (primary N) is 1. The lowest BCUT2D eigenvalue weighted by atomic mass is 10.2. The topological polar surface area (TPSA) is 83.5 Å². The highest BCUT2D eigenvalue weighted by Crippen LogP contribution is 2.02. The van der Waals surface area contributed by atoms with E-state index in [0.29, 0.717) is 11.7 Å². The van der Waals surface area contributed by atoms with Crippen LogP contribution < -0.4 is 11.1 Å². The van der Waals surface area contributed by atoms with Crippen LogP contribution in [0.25, 0.3) is 0 Å². The molecule has 16 heavy (non-hydrogen) atoms. The van der Waals surface area contributed by atoms with Gasteiger partial charge in [0.1, 0.15) is 5.69 Å². The number of rotatable bonds is 5. The van der Waals surface area contributed by atoms with Crippen molar-refractivity contribution in [2.24, 2.45) is 10.9 Å². The van der Waals surface area contributed by atoms with Gasteiger partial charge in [-0.15, -0.1) is 0 Å². The van der Waals surface area contributed by atoms with E-state index in [-0.39, 0.29) is 5.84 Å². The minimum Gasteiger partial charge on any atom is -0.409 e. The fourth-order valence-electron chi connectivity index (χ4n) is 1.21. The standard InChI is InChI=1S/C11H18N4O/c1-3-8(2)14-7-9-4-5-13-10(6-9)11(12)15-16/h4-6,8,14,16H,3,7H2,1-2H3,(H2,12,15). The Morgan fingerprint density at radius 1 is 1.69 bits per heavy atom. The first kappa shape index (κ1) is 12.4. The molecule has 0 saturated heterocycles. The van der Waals surface area contributed by atoms with E-state index >= 15 is 0 Å². The Balaban J connectivity index is 2.68. The average Bonchev–Trinajstić information content (AvgIpc) is 2.35. The van der Waals surface area contributed by atoms with E-state index < -0.39 is 0 Å². The molecule has 0 bridgehead atoms. The van der Waals surface area contributed by atoms with Crippen molar-refractivity contribution in [2.75, 3.05) is 0 Å². The van der Waals surface area contributed by atoms with Gasteiger partial charge >= 0.3 is 0 Å². The molecule has 1 unspecified atom stereocenters. The Kier molecular flexibility index (Phi) is 4.72. The number of amidine groups is 1. The first-order chi connectivity index (χ1) is 7.67. The second-order valence-electron chi connectivity index (χ2n) is 3.72. The first-order valence-corrected chi connectivity index (χ1v) is 5.33. The van der Waals surface area contributed by atoms with Crippen LogP contribution in [-0.4, -0.2) is 22.1 Å². The minimum atomic E-state index is 0.0328. The summed E-state index contributed by atoms with van der Waals surface area (Å²) >= 11 is 0. The van der Waals surface area contributed by atoms with Crippen LogP contribution in [0.15, 0.2) is 23.5 Å². The predicted octanol–water partition coefficient (Wildman–Crippen LogP) is 1.06. The van der Waals surface area contributed by atoms with E-state index in [1.54, 1.807) is 6.20 Å². The molecule has 1 heterocycles. The third kappa shape index (κ3) is 3.51. The summed E-state index contributed by atoms with van der Waals surface area (Å²) in [4.78, 5) is 4.01. The molecule has 0 spiro atoms. The first-order valence-electron chi connectivity index (χ1n) is 5.33. The van der Waals surface area contributed by atoms with E-state index in [1.807, 2.05) is 12.1 Å². The molecule has 0 aliphatic carbocycles. The van der Waals surface area contributed by atoms with Crippen molar-refractivity contribution in [1.82, 2.24) is 10.3 Å². The van der Waals surface area contributed by atoms with Crippen LogP contribution >= 0.6 is 0 Å². The van der Waals surface area contributed by atoms with E-state index in [2.05, 4.69) is 29.3 Å². The summed E-state index contributed by atoms with van der Waals surface area (Å²) in [5, 5.41) is 14.8. The van der Waals surface area contributed by atoms with Gasteiger partial charge in [0.15, 0.2) is 5.84 Å². The van der Waals surface area contributed by atoms with Gasteiger partial charge in [0, 0.05) is 18.8 Å². The Morgan fingerprint density at radius 3 is 3.06 bits per heavy atom. The van der Waals surface area contributed by atoms with E-state index in [4.69, 9.17) is 10.9 Å². The van der Waals surface area contributed by atoms with Crippen molar-refractivity contribution >= 4 is 5.84 Å². The zero-order chi connectivity index (χ0) is 12.0. The summed E-state index contributed by atoms with van der Waals surface area (Å²) in [6, 6.07) is 4.19. The Labute approximate surface area is 95.4 Å². The number of nitrogens with zero attached hydrogens (tertiary/aromatic N) is 2. The van der Waals surface area contributed by atoms with Gasteiger partial charge in [-0.2, -0.15) is 0 Å². The van der Waals surface area contributed by atoms with Crippen LogP contribution in [0.3, 0.4) is 0 Å². The van der Waals surface area contributed by atoms with E-state index in [0.717, 1.165) is 18.5 Å². The summed E-state index contributed by atoms with van der Waals surface area (Å²) in [6.45, 7) is 5.01. The molecule has 0 fully saturated rings. The van der Waals surface area contributed by atoms with Crippen LogP contribution in [0.5, 0.6) is 0 Å². The lowest BCUT2D eigenvalue weighted by Gasteiger charge is -2.11. The molecular formula is C11H18N4O. The van der Waals surface area contributed by atoms with Crippen molar-refractivity contribution in [3.8, 4) is 0 Å². The van der Waals surface area contributed by atoms with Gasteiger partial charge in [0.05, 0.1) is 0 Å². The Bertz CT molecular complexity index is 365. The Morgan fingerprint density at radius 2 is 2.44 bits per heavy atom. The highest BCUT2D eigenvalue weighted by Gasteiger charge is 2.03. The molecule has 0 saturated carbocycles. The van der Waals surface area contributed by atoms with Gasteiger partial charge in [-0.05, 0) is 31.0 Å². The second kappa shape index (κ2) is 6.07. The van der Waals surface area contributed by atoms with Gasteiger partial charge in [-0.3, -0.25) is 4.98 Å². The number of pyridine rings is 1. The summed E-state index contributed by atoms with van der Waals surface area (Å²) < 4.78 is 0. The van der Waals surface area contributed by atoms with Gasteiger partial charge in [0.2, 0.25) is 0 Å². The van der Waals surface area contributed by atoms with Crippen molar-refractivity contribution in [3.63, 3.8) is 0 Å². The maximum atomic E-state index is 8.54. The maximum Gasteiger partial charge on any atom is 0.188 e. The summed E-state index contributed by atoms with van der Waals surface area (Å²) in [5.41, 5.74) is 7.02. The van der Waals surface area contributed by atoms with Crippen LogP contribution in [0.1, 0.15) is 31.5 Å². The van der Waals surface area contributed by atoms with Crippen molar-refractivity contribution in [2.45, 2.75) is 32.9 Å². The smallest absolute Gasteiger partial charge is 0.188 e. The van der Waals surface area contributed by atoms with Crippen LogP contribution in [-0.2, 0) is 6.54 Å². The quantitative estimate of drug-likeness (QED) is 0.301. The molecule has 0 aliphatic heterocycles. The summed E-state index contributed by atoms with van der Waals surface area (Å²) in [6.07, 6.45) is 2.74. The van der Waals surface area contributed by atoms with Gasteiger partial charge in [-0.1, -0.05) is 12.1 Å². The third-order valence-corrected chi connectivity index (χ3v) is 2.46. The molecule has 1 aromatic rings. The van der Waals surface area contributed by atoms with E-state index in [1.165, 1.54) is 0 Å². The molecule has 4 N–H and O–H groups in total. The highest BCUT2D eigenvalue weighted by atomic mass is 16.4. The lowest BCUT2D eigenvalue weighted by molar-refractivity contribution is 0.318. The zero-order valence-electron chi connectivity index (χ0n) is 9.64. The van der Waals surface area contributed by atoms with Crippen molar-refractivity contribution < 1.29 is 5.21 Å². The highest BCUT2D eigenvalue weighted by molar-refractivity contribution is 5.95. The molecule has 0 aromatic carbocycles. The van der Waals surface area contributed by atoms with Crippen LogP contribution in [0, 0.1) is 0 Å². The number of oxime groups is 1. The van der Waals surface area contributed by atoms with Gasteiger partial charge in [-0.25, -0.2) is 0 Å². The molecule has 0 amide bonds. The molecule has 1 aromatic heterocycles. The largest absolute Gasteiger partial charge is 0.409 e. The zero-order valence-corrected chi connectivity index (χ0v) is 9.64.